The van der Waals surface area contributed by atoms with Gasteiger partial charge in [0.25, 0.3) is 0 Å². The van der Waals surface area contributed by atoms with Crippen LogP contribution in [-0.4, -0.2) is 34.8 Å². The zero-order valence-corrected chi connectivity index (χ0v) is 21.7. The number of pyridine rings is 1. The Labute approximate surface area is 211 Å². The van der Waals surface area contributed by atoms with Crippen molar-refractivity contribution in [3.05, 3.63) is 56.4 Å². The molecule has 176 valence electrons. The molecule has 3 aromatic rings. The maximum absolute atomic E-state index is 12.2. The number of nitrogens with zero attached hydrogens (tertiary/aromatic N) is 3. The summed E-state index contributed by atoms with van der Waals surface area (Å²) >= 11 is 16.6. The molecule has 2 amide bonds. The van der Waals surface area contributed by atoms with E-state index in [1.54, 1.807) is 24.1 Å². The zero-order valence-electron chi connectivity index (χ0n) is 18.6. The number of likely N-dealkylation sites (N-methyl/N-ethyl adjacent to an activating group) is 1. The van der Waals surface area contributed by atoms with Crippen LogP contribution in [0.3, 0.4) is 0 Å². The smallest absolute Gasteiger partial charge is 0.246 e. The maximum Gasteiger partial charge on any atom is 0.246 e. The van der Waals surface area contributed by atoms with Crippen LogP contribution in [0.4, 0.5) is 5.69 Å². The first-order chi connectivity index (χ1) is 15.7. The first-order valence-electron chi connectivity index (χ1n) is 10.5. The van der Waals surface area contributed by atoms with Crippen molar-refractivity contribution in [1.29, 1.82) is 0 Å². The molecule has 1 aromatic carbocycles. The van der Waals surface area contributed by atoms with Crippen molar-refractivity contribution in [2.45, 2.75) is 39.7 Å². The fraction of sp³-hybridized carbons (Fsp3) is 0.348. The summed E-state index contributed by atoms with van der Waals surface area (Å²) in [6.45, 7) is 3.98. The monoisotopic (exact) mass is 554 g/mol. The van der Waals surface area contributed by atoms with Crippen LogP contribution in [0.2, 0.25) is 10.0 Å². The van der Waals surface area contributed by atoms with E-state index < -0.39 is 5.91 Å². The second-order valence-electron chi connectivity index (χ2n) is 7.63. The Morgan fingerprint density at radius 3 is 2.73 bits per heavy atom. The molecule has 0 fully saturated rings. The van der Waals surface area contributed by atoms with E-state index in [0.29, 0.717) is 39.1 Å². The van der Waals surface area contributed by atoms with Crippen molar-refractivity contribution in [3.8, 4) is 5.75 Å². The van der Waals surface area contributed by atoms with E-state index >= 15 is 0 Å². The summed E-state index contributed by atoms with van der Waals surface area (Å²) in [4.78, 5) is 30.3. The van der Waals surface area contributed by atoms with Crippen LogP contribution in [0, 0.1) is 6.92 Å². The SMILES string of the molecule is CCCCC(=O)NC(=O)CN(C)c1ccc(Cl)c(COc2cccn3c(Br)c(C)nc23)c1Cl. The molecule has 0 bridgehead atoms. The van der Waals surface area contributed by atoms with Gasteiger partial charge < -0.3 is 9.64 Å². The molecule has 0 aliphatic carbocycles. The Morgan fingerprint density at radius 2 is 2.00 bits per heavy atom. The number of aromatic nitrogens is 2. The number of imidazole rings is 1. The van der Waals surface area contributed by atoms with Gasteiger partial charge in [0.1, 0.15) is 11.2 Å². The number of hydrogen-bond donors (Lipinski definition) is 1. The first kappa shape index (κ1) is 25.3. The van der Waals surface area contributed by atoms with Crippen LogP contribution >= 0.6 is 39.1 Å². The minimum atomic E-state index is -0.394. The summed E-state index contributed by atoms with van der Waals surface area (Å²) in [5.41, 5.74) is 2.71. The van der Waals surface area contributed by atoms with Gasteiger partial charge in [-0.25, -0.2) is 4.98 Å². The Bertz CT molecular complexity index is 1180. The quantitative estimate of drug-likeness (QED) is 0.374. The zero-order chi connectivity index (χ0) is 24.1. The van der Waals surface area contributed by atoms with Gasteiger partial charge in [-0.1, -0.05) is 36.5 Å². The minimum Gasteiger partial charge on any atom is -0.485 e. The lowest BCUT2D eigenvalue weighted by atomic mass is 10.2. The standard InChI is InChI=1S/C23H25BrCl2N4O3/c1-4-5-8-19(31)28-20(32)12-29(3)17-10-9-16(25)15(21(17)26)13-33-18-7-6-11-30-22(24)14(2)27-23(18)30/h6-7,9-11H,4-5,8,12-13H2,1-3H3,(H,28,31,32). The van der Waals surface area contributed by atoms with Crippen LogP contribution in [-0.2, 0) is 16.2 Å². The molecular formula is C23H25BrCl2N4O3. The number of carbonyl (C=O) groups excluding carboxylic acids is 2. The van der Waals surface area contributed by atoms with Crippen LogP contribution in [0.25, 0.3) is 5.65 Å². The average molecular weight is 556 g/mol. The van der Waals surface area contributed by atoms with Gasteiger partial charge in [-0.15, -0.1) is 0 Å². The van der Waals surface area contributed by atoms with E-state index in [2.05, 4.69) is 26.2 Å². The molecule has 2 aromatic heterocycles. The van der Waals surface area contributed by atoms with Gasteiger partial charge >= 0.3 is 0 Å². The summed E-state index contributed by atoms with van der Waals surface area (Å²) in [5, 5.41) is 3.23. The van der Waals surface area contributed by atoms with E-state index in [9.17, 15) is 9.59 Å². The maximum atomic E-state index is 12.2. The largest absolute Gasteiger partial charge is 0.485 e. The van der Waals surface area contributed by atoms with Crippen LogP contribution in [0.15, 0.2) is 35.1 Å². The number of unbranched alkanes of at least 4 members (excludes halogenated alkanes) is 1. The summed E-state index contributed by atoms with van der Waals surface area (Å²) in [7, 11) is 1.72. The van der Waals surface area contributed by atoms with Gasteiger partial charge in [-0.2, -0.15) is 0 Å². The number of rotatable bonds is 9. The Hall–Kier alpha value is -2.29. The number of imide groups is 1. The van der Waals surface area contributed by atoms with Crippen molar-refractivity contribution in [2.24, 2.45) is 0 Å². The van der Waals surface area contributed by atoms with Crippen molar-refractivity contribution >= 4 is 62.3 Å². The van der Waals surface area contributed by atoms with E-state index in [1.165, 1.54) is 0 Å². The van der Waals surface area contributed by atoms with E-state index in [1.807, 2.05) is 36.6 Å². The van der Waals surface area contributed by atoms with Crippen molar-refractivity contribution < 1.29 is 14.3 Å². The highest BCUT2D eigenvalue weighted by Crippen LogP contribution is 2.35. The first-order valence-corrected chi connectivity index (χ1v) is 12.0. The van der Waals surface area contributed by atoms with Gasteiger partial charge in [0.05, 0.1) is 22.9 Å². The van der Waals surface area contributed by atoms with Crippen molar-refractivity contribution in [2.75, 3.05) is 18.5 Å². The number of ether oxygens (including phenoxy) is 1. The lowest BCUT2D eigenvalue weighted by Crippen LogP contribution is -2.38. The summed E-state index contributed by atoms with van der Waals surface area (Å²) < 4.78 is 8.77. The Morgan fingerprint density at radius 1 is 1.24 bits per heavy atom. The number of nitrogens with one attached hydrogen (secondary N) is 1. The van der Waals surface area contributed by atoms with E-state index in [-0.39, 0.29) is 19.1 Å². The van der Waals surface area contributed by atoms with E-state index in [0.717, 1.165) is 23.1 Å². The topological polar surface area (TPSA) is 75.9 Å². The Kier molecular flexibility index (Phi) is 8.62. The number of benzene rings is 1. The molecule has 10 heteroatoms. The number of hydrogen-bond acceptors (Lipinski definition) is 5. The number of halogens is 3. The third-order valence-electron chi connectivity index (χ3n) is 5.08. The number of anilines is 1. The van der Waals surface area contributed by atoms with Gasteiger partial charge in [0.15, 0.2) is 11.4 Å². The highest BCUT2D eigenvalue weighted by Gasteiger charge is 2.18. The lowest BCUT2D eigenvalue weighted by molar-refractivity contribution is -0.129. The molecule has 33 heavy (non-hydrogen) atoms. The summed E-state index contributed by atoms with van der Waals surface area (Å²) in [5.74, 6) is -0.0851. The number of aryl methyl sites for hydroxylation is 1. The lowest BCUT2D eigenvalue weighted by Gasteiger charge is -2.22. The third-order valence-corrected chi connectivity index (χ3v) is 6.81. The molecular weight excluding hydrogens is 531 g/mol. The molecule has 2 heterocycles. The molecule has 1 N–H and O–H groups in total. The molecule has 0 saturated carbocycles. The molecule has 0 unspecified atom stereocenters. The Balaban J connectivity index is 1.74. The number of fused-ring (bicyclic) bond motifs is 1. The van der Waals surface area contributed by atoms with Crippen molar-refractivity contribution in [3.63, 3.8) is 0 Å². The molecule has 0 aliphatic heterocycles. The minimum absolute atomic E-state index is 0.0276. The van der Waals surface area contributed by atoms with Gasteiger partial charge in [0.2, 0.25) is 11.8 Å². The van der Waals surface area contributed by atoms with Crippen molar-refractivity contribution in [1.82, 2.24) is 14.7 Å². The molecule has 0 atom stereocenters. The fourth-order valence-electron chi connectivity index (χ4n) is 3.30. The van der Waals surface area contributed by atoms with E-state index in [4.69, 9.17) is 27.9 Å². The molecule has 0 radical (unpaired) electrons. The second-order valence-corrected chi connectivity index (χ2v) is 9.17. The molecule has 0 aliphatic rings. The number of amides is 2. The summed E-state index contributed by atoms with van der Waals surface area (Å²) in [6.07, 6.45) is 3.84. The highest BCUT2D eigenvalue weighted by atomic mass is 79.9. The van der Waals surface area contributed by atoms with Gasteiger partial charge in [-0.3, -0.25) is 19.3 Å². The predicted octanol–water partition coefficient (Wildman–Crippen LogP) is 5.56. The molecule has 3 rings (SSSR count). The molecule has 0 spiro atoms. The predicted molar refractivity (Wildman–Crippen MR) is 134 cm³/mol. The second kappa shape index (κ2) is 11.2. The van der Waals surface area contributed by atoms with Gasteiger partial charge in [-0.05, 0) is 53.5 Å². The van der Waals surface area contributed by atoms with Crippen LogP contribution in [0.1, 0.15) is 37.4 Å². The summed E-state index contributed by atoms with van der Waals surface area (Å²) in [6, 6.07) is 7.13. The average Bonchev–Trinajstić information content (AvgIpc) is 3.06. The normalized spacial score (nSPS) is 11.0. The molecule has 0 saturated heterocycles. The number of carbonyl (C=O) groups is 2. The van der Waals surface area contributed by atoms with Crippen LogP contribution < -0.4 is 15.0 Å². The fourth-order valence-corrected chi connectivity index (χ4v) is 4.30. The third kappa shape index (κ3) is 5.99. The highest BCUT2D eigenvalue weighted by molar-refractivity contribution is 9.10. The molecule has 7 nitrogen and oxygen atoms in total. The van der Waals surface area contributed by atoms with Gasteiger partial charge in [0, 0.05) is 30.3 Å². The van der Waals surface area contributed by atoms with Crippen LogP contribution in [0.5, 0.6) is 5.75 Å².